The molecule has 0 bridgehead atoms. The summed E-state index contributed by atoms with van der Waals surface area (Å²) in [6, 6.07) is 81.0. The van der Waals surface area contributed by atoms with E-state index in [4.69, 9.17) is 4.42 Å². The molecule has 1 heteroatoms. The van der Waals surface area contributed by atoms with E-state index in [1.807, 2.05) is 6.07 Å². The average molecular weight is 761 g/mol. The Bertz CT molecular complexity index is 3660. The molecule has 0 saturated carbocycles. The van der Waals surface area contributed by atoms with Crippen LogP contribution in [-0.4, -0.2) is 0 Å². The van der Waals surface area contributed by atoms with E-state index >= 15 is 0 Å². The number of hydrogen-bond donors (Lipinski definition) is 0. The van der Waals surface area contributed by atoms with Gasteiger partial charge in [0.25, 0.3) is 0 Å². The minimum Gasteiger partial charge on any atom is -0.456 e. The van der Waals surface area contributed by atoms with Crippen molar-refractivity contribution in [3.05, 3.63) is 241 Å². The van der Waals surface area contributed by atoms with Gasteiger partial charge in [0.1, 0.15) is 11.2 Å². The third-order valence-electron chi connectivity index (χ3n) is 13.3. The van der Waals surface area contributed by atoms with E-state index in [2.05, 4.69) is 212 Å². The van der Waals surface area contributed by atoms with Crippen LogP contribution in [0.15, 0.2) is 223 Å². The molecule has 1 heterocycles. The SMILES string of the molecule is c1ccc(C2(c3ccccc3)c3cc(-c4c5ccccc5cc5c4ccc4ccccc45)ccc3-c3c2c(-c2ccc4oc5ccccc5c4c2)cc2ccccc32)cc1. The maximum absolute atomic E-state index is 6.38. The van der Waals surface area contributed by atoms with Crippen LogP contribution in [0, 0.1) is 0 Å². The highest BCUT2D eigenvalue weighted by Gasteiger charge is 2.48. The molecule has 0 unspecified atom stereocenters. The zero-order chi connectivity index (χ0) is 39.4. The lowest BCUT2D eigenvalue weighted by molar-refractivity contribution is 0.669. The molecule has 1 aromatic heterocycles. The van der Waals surface area contributed by atoms with Crippen LogP contribution in [0.3, 0.4) is 0 Å². The second kappa shape index (κ2) is 12.6. The van der Waals surface area contributed by atoms with Gasteiger partial charge in [-0.15, -0.1) is 0 Å². The van der Waals surface area contributed by atoms with Gasteiger partial charge >= 0.3 is 0 Å². The number of fused-ring (bicyclic) bond motifs is 12. The minimum absolute atomic E-state index is 0.650. The van der Waals surface area contributed by atoms with E-state index in [9.17, 15) is 0 Å². The first-order valence-electron chi connectivity index (χ1n) is 20.8. The summed E-state index contributed by atoms with van der Waals surface area (Å²) in [6.45, 7) is 0. The molecular weight excluding hydrogens is 725 g/mol. The fourth-order valence-electron chi connectivity index (χ4n) is 10.8. The lowest BCUT2D eigenvalue weighted by Gasteiger charge is -2.36. The molecule has 1 aliphatic rings. The van der Waals surface area contributed by atoms with Crippen molar-refractivity contribution in [2.75, 3.05) is 0 Å². The van der Waals surface area contributed by atoms with E-state index in [0.717, 1.165) is 21.9 Å². The quantitative estimate of drug-likeness (QED) is 0.129. The summed E-state index contributed by atoms with van der Waals surface area (Å²) in [5.41, 5.74) is 13.7. The number of rotatable bonds is 4. The Morgan fingerprint density at radius 3 is 1.63 bits per heavy atom. The number of para-hydroxylation sites is 1. The first kappa shape index (κ1) is 33.3. The number of furan rings is 1. The van der Waals surface area contributed by atoms with E-state index in [1.165, 1.54) is 98.7 Å². The fourth-order valence-corrected chi connectivity index (χ4v) is 10.8. The van der Waals surface area contributed by atoms with E-state index in [1.54, 1.807) is 0 Å². The second-order valence-electron chi connectivity index (χ2n) is 16.3. The molecule has 0 saturated heterocycles. The van der Waals surface area contributed by atoms with Crippen molar-refractivity contribution in [2.45, 2.75) is 5.41 Å². The zero-order valence-electron chi connectivity index (χ0n) is 32.7. The molecule has 0 spiro atoms. The monoisotopic (exact) mass is 760 g/mol. The van der Waals surface area contributed by atoms with Gasteiger partial charge in [0, 0.05) is 10.8 Å². The zero-order valence-corrected chi connectivity index (χ0v) is 32.7. The molecule has 1 nitrogen and oxygen atoms in total. The van der Waals surface area contributed by atoms with Gasteiger partial charge < -0.3 is 4.42 Å². The molecular formula is C59H36O. The highest BCUT2D eigenvalue weighted by molar-refractivity contribution is 6.20. The van der Waals surface area contributed by atoms with Gasteiger partial charge in [0.05, 0.1) is 5.41 Å². The minimum atomic E-state index is -0.650. The first-order valence-corrected chi connectivity index (χ1v) is 20.8. The van der Waals surface area contributed by atoms with Gasteiger partial charge in [0.2, 0.25) is 0 Å². The third kappa shape index (κ3) is 4.58. The summed E-state index contributed by atoms with van der Waals surface area (Å²) in [5.74, 6) is 0. The van der Waals surface area contributed by atoms with Crippen LogP contribution in [0.2, 0.25) is 0 Å². The molecule has 60 heavy (non-hydrogen) atoms. The van der Waals surface area contributed by atoms with Crippen LogP contribution in [0.4, 0.5) is 0 Å². The molecule has 1 aliphatic carbocycles. The molecule has 0 radical (unpaired) electrons. The largest absolute Gasteiger partial charge is 0.456 e. The van der Waals surface area contributed by atoms with Gasteiger partial charge in [-0.25, -0.2) is 0 Å². The molecule has 0 fully saturated rings. The molecule has 0 atom stereocenters. The smallest absolute Gasteiger partial charge is 0.135 e. The Balaban J connectivity index is 1.19. The summed E-state index contributed by atoms with van der Waals surface area (Å²) in [7, 11) is 0. The summed E-state index contributed by atoms with van der Waals surface area (Å²) >= 11 is 0. The molecule has 0 N–H and O–H groups in total. The second-order valence-corrected chi connectivity index (χ2v) is 16.3. The van der Waals surface area contributed by atoms with Gasteiger partial charge in [-0.1, -0.05) is 182 Å². The molecule has 0 amide bonds. The van der Waals surface area contributed by atoms with Crippen LogP contribution in [0.1, 0.15) is 22.3 Å². The molecule has 278 valence electrons. The Morgan fingerprint density at radius 2 is 0.883 bits per heavy atom. The molecule has 13 rings (SSSR count). The van der Waals surface area contributed by atoms with Gasteiger partial charge in [-0.2, -0.15) is 0 Å². The van der Waals surface area contributed by atoms with Crippen molar-refractivity contribution in [3.63, 3.8) is 0 Å². The van der Waals surface area contributed by atoms with Crippen LogP contribution in [0.25, 0.3) is 98.4 Å². The maximum atomic E-state index is 6.38. The van der Waals surface area contributed by atoms with Crippen molar-refractivity contribution in [3.8, 4) is 33.4 Å². The highest BCUT2D eigenvalue weighted by Crippen LogP contribution is 2.61. The van der Waals surface area contributed by atoms with Gasteiger partial charge in [0.15, 0.2) is 0 Å². The molecule has 12 aromatic rings. The summed E-state index contributed by atoms with van der Waals surface area (Å²) < 4.78 is 6.38. The van der Waals surface area contributed by atoms with Crippen molar-refractivity contribution in [2.24, 2.45) is 0 Å². The maximum Gasteiger partial charge on any atom is 0.135 e. The lowest BCUT2D eigenvalue weighted by Crippen LogP contribution is -2.29. The van der Waals surface area contributed by atoms with Crippen LogP contribution in [0.5, 0.6) is 0 Å². The topological polar surface area (TPSA) is 13.1 Å². The predicted molar refractivity (Wildman–Crippen MR) is 252 cm³/mol. The summed E-state index contributed by atoms with van der Waals surface area (Å²) in [5, 5.41) is 12.3. The van der Waals surface area contributed by atoms with E-state index in [-0.39, 0.29) is 0 Å². The Hall–Kier alpha value is -7.74. The standard InChI is InChI=1S/C59H36O/c1-3-18-42(19-4-1)59(43-20-5-2-6-21-43)53-36-41(56-45-23-11-8-17-39(45)34-51-44-22-10-7-15-37(44)27-30-48(51)56)28-31-49(53)57-46-24-12-9-16-38(46)33-50(58(57)59)40-29-32-55-52(35-40)47-25-13-14-26-54(47)60-55/h1-36H. The Kier molecular flexibility index (Phi) is 7.00. The lowest BCUT2D eigenvalue weighted by atomic mass is 9.65. The van der Waals surface area contributed by atoms with Crippen LogP contribution in [-0.2, 0) is 5.41 Å². The number of benzene rings is 11. The first-order chi connectivity index (χ1) is 29.8. The summed E-state index contributed by atoms with van der Waals surface area (Å²) in [6.07, 6.45) is 0. The highest BCUT2D eigenvalue weighted by atomic mass is 16.3. The average Bonchev–Trinajstić information content (AvgIpc) is 3.85. The van der Waals surface area contributed by atoms with Crippen molar-refractivity contribution < 1.29 is 4.42 Å². The number of hydrogen-bond acceptors (Lipinski definition) is 1. The fraction of sp³-hybridized carbons (Fsp3) is 0.0169. The molecule has 0 aliphatic heterocycles. The van der Waals surface area contributed by atoms with Crippen LogP contribution >= 0.6 is 0 Å². The van der Waals surface area contributed by atoms with Crippen molar-refractivity contribution >= 4 is 65.0 Å². The predicted octanol–water partition coefficient (Wildman–Crippen LogP) is 15.9. The normalized spacial score (nSPS) is 13.1. The van der Waals surface area contributed by atoms with Crippen molar-refractivity contribution in [1.29, 1.82) is 0 Å². The van der Waals surface area contributed by atoms with E-state index in [0.29, 0.717) is 0 Å². The Morgan fingerprint density at radius 1 is 0.300 bits per heavy atom. The van der Waals surface area contributed by atoms with E-state index < -0.39 is 5.41 Å². The molecule has 11 aromatic carbocycles. The summed E-state index contributed by atoms with van der Waals surface area (Å²) in [4.78, 5) is 0. The van der Waals surface area contributed by atoms with Gasteiger partial charge in [-0.3, -0.25) is 0 Å². The van der Waals surface area contributed by atoms with Crippen molar-refractivity contribution in [1.82, 2.24) is 0 Å². The third-order valence-corrected chi connectivity index (χ3v) is 13.3. The van der Waals surface area contributed by atoms with Crippen LogP contribution < -0.4 is 0 Å². The Labute approximate surface area is 347 Å². The van der Waals surface area contributed by atoms with Gasteiger partial charge in [-0.05, 0) is 135 Å².